The number of hydrogen-bond donors (Lipinski definition) is 1. The third-order valence-corrected chi connectivity index (χ3v) is 4.42. The van der Waals surface area contributed by atoms with E-state index in [0.717, 1.165) is 6.41 Å². The second-order valence-electron chi connectivity index (χ2n) is 6.13. The molecule has 136 valence electrons. The molecule has 6 nitrogen and oxygen atoms in total. The van der Waals surface area contributed by atoms with Crippen molar-refractivity contribution < 1.29 is 14.0 Å². The van der Waals surface area contributed by atoms with Crippen LogP contribution in [0.5, 0.6) is 0 Å². The van der Waals surface area contributed by atoms with E-state index >= 15 is 0 Å². The summed E-state index contributed by atoms with van der Waals surface area (Å²) < 4.78 is 13.6. The SMILES string of the molecule is O=CN1CCN(C(=O)c2ccnc(NCCc3ccccc3F)c2)CC1. The molecule has 0 radical (unpaired) electrons. The number of halogens is 1. The number of piperazine rings is 1. The molecule has 1 saturated heterocycles. The van der Waals surface area contributed by atoms with Crippen LogP contribution in [-0.4, -0.2) is 59.8 Å². The number of carbonyl (C=O) groups is 2. The summed E-state index contributed by atoms with van der Waals surface area (Å²) in [6.45, 7) is 2.66. The molecule has 1 fully saturated rings. The number of rotatable bonds is 6. The number of amides is 2. The van der Waals surface area contributed by atoms with E-state index in [9.17, 15) is 14.0 Å². The van der Waals surface area contributed by atoms with Crippen molar-refractivity contribution in [3.8, 4) is 0 Å². The lowest BCUT2D eigenvalue weighted by molar-refractivity contribution is -0.119. The van der Waals surface area contributed by atoms with Crippen molar-refractivity contribution in [1.29, 1.82) is 0 Å². The molecule has 1 aliphatic rings. The quantitative estimate of drug-likeness (QED) is 0.802. The summed E-state index contributed by atoms with van der Waals surface area (Å²) in [6.07, 6.45) is 2.92. The van der Waals surface area contributed by atoms with E-state index in [4.69, 9.17) is 0 Å². The first kappa shape index (κ1) is 17.8. The zero-order valence-electron chi connectivity index (χ0n) is 14.4. The predicted molar refractivity (Wildman–Crippen MR) is 96.4 cm³/mol. The monoisotopic (exact) mass is 356 g/mol. The third kappa shape index (κ3) is 4.36. The fraction of sp³-hybridized carbons (Fsp3) is 0.316. The first-order valence-corrected chi connectivity index (χ1v) is 8.59. The van der Waals surface area contributed by atoms with Crippen molar-refractivity contribution in [2.45, 2.75) is 6.42 Å². The Kier molecular flexibility index (Phi) is 5.78. The van der Waals surface area contributed by atoms with E-state index in [1.807, 2.05) is 0 Å². The van der Waals surface area contributed by atoms with Crippen molar-refractivity contribution in [2.75, 3.05) is 38.0 Å². The van der Waals surface area contributed by atoms with Gasteiger partial charge >= 0.3 is 0 Å². The smallest absolute Gasteiger partial charge is 0.254 e. The Labute approximate surface area is 151 Å². The minimum absolute atomic E-state index is 0.0740. The van der Waals surface area contributed by atoms with Crippen molar-refractivity contribution in [2.24, 2.45) is 0 Å². The molecule has 2 amide bonds. The van der Waals surface area contributed by atoms with Gasteiger partial charge in [-0.1, -0.05) is 18.2 Å². The summed E-state index contributed by atoms with van der Waals surface area (Å²) in [6, 6.07) is 10.0. The fourth-order valence-electron chi connectivity index (χ4n) is 2.90. The lowest BCUT2D eigenvalue weighted by atomic mass is 10.1. The molecule has 0 atom stereocenters. The Bertz CT molecular complexity index is 776. The van der Waals surface area contributed by atoms with Gasteiger partial charge < -0.3 is 15.1 Å². The van der Waals surface area contributed by atoms with Crippen molar-refractivity contribution in [1.82, 2.24) is 14.8 Å². The average Bonchev–Trinajstić information content (AvgIpc) is 2.69. The van der Waals surface area contributed by atoms with Gasteiger partial charge in [0.25, 0.3) is 5.91 Å². The maximum absolute atomic E-state index is 13.6. The minimum atomic E-state index is -0.222. The Morgan fingerprint density at radius 1 is 1.19 bits per heavy atom. The normalized spacial score (nSPS) is 14.2. The van der Waals surface area contributed by atoms with Crippen LogP contribution in [0.3, 0.4) is 0 Å². The van der Waals surface area contributed by atoms with Crippen LogP contribution >= 0.6 is 0 Å². The highest BCUT2D eigenvalue weighted by molar-refractivity contribution is 5.95. The molecule has 0 spiro atoms. The van der Waals surface area contributed by atoms with E-state index in [-0.39, 0.29) is 11.7 Å². The summed E-state index contributed by atoms with van der Waals surface area (Å²) in [5.74, 6) is 0.287. The molecule has 1 N–H and O–H groups in total. The average molecular weight is 356 g/mol. The van der Waals surface area contributed by atoms with E-state index in [0.29, 0.717) is 56.1 Å². The standard InChI is InChI=1S/C19H21FN4O2/c20-17-4-2-1-3-15(17)5-7-21-18-13-16(6-8-22-18)19(26)24-11-9-23(14-25)10-12-24/h1-4,6,8,13-14H,5,7,9-12H2,(H,21,22). The first-order valence-electron chi connectivity index (χ1n) is 8.59. The Balaban J connectivity index is 1.57. The second-order valence-corrected chi connectivity index (χ2v) is 6.13. The predicted octanol–water partition coefficient (Wildman–Crippen LogP) is 1.79. The van der Waals surface area contributed by atoms with Crippen LogP contribution in [0.1, 0.15) is 15.9 Å². The van der Waals surface area contributed by atoms with Gasteiger partial charge in [-0.3, -0.25) is 9.59 Å². The molecule has 0 saturated carbocycles. The van der Waals surface area contributed by atoms with Crippen molar-refractivity contribution >= 4 is 18.1 Å². The molecule has 3 rings (SSSR count). The highest BCUT2D eigenvalue weighted by Gasteiger charge is 2.21. The molecule has 1 aromatic heterocycles. The van der Waals surface area contributed by atoms with Gasteiger partial charge in [0.2, 0.25) is 6.41 Å². The maximum atomic E-state index is 13.6. The van der Waals surface area contributed by atoms with Crippen molar-refractivity contribution in [3.63, 3.8) is 0 Å². The number of nitrogens with zero attached hydrogens (tertiary/aromatic N) is 3. The largest absolute Gasteiger partial charge is 0.370 e. The summed E-state index contributed by atoms with van der Waals surface area (Å²) in [7, 11) is 0. The topological polar surface area (TPSA) is 65.5 Å². The van der Waals surface area contributed by atoms with Crippen molar-refractivity contribution in [3.05, 3.63) is 59.5 Å². The Hall–Kier alpha value is -2.96. The molecule has 2 heterocycles. The van der Waals surface area contributed by atoms with Gasteiger partial charge in [-0.2, -0.15) is 0 Å². The van der Waals surface area contributed by atoms with Crippen LogP contribution in [-0.2, 0) is 11.2 Å². The maximum Gasteiger partial charge on any atom is 0.254 e. The van der Waals surface area contributed by atoms with Gasteiger partial charge in [0.15, 0.2) is 0 Å². The van der Waals surface area contributed by atoms with E-state index in [2.05, 4.69) is 10.3 Å². The minimum Gasteiger partial charge on any atom is -0.370 e. The van der Waals surface area contributed by atoms with Gasteiger partial charge in [0.05, 0.1) is 0 Å². The molecule has 0 bridgehead atoms. The third-order valence-electron chi connectivity index (χ3n) is 4.42. The van der Waals surface area contributed by atoms with Crippen LogP contribution < -0.4 is 5.32 Å². The fourth-order valence-corrected chi connectivity index (χ4v) is 2.90. The van der Waals surface area contributed by atoms with Gasteiger partial charge in [0.1, 0.15) is 11.6 Å². The Morgan fingerprint density at radius 2 is 1.96 bits per heavy atom. The zero-order valence-corrected chi connectivity index (χ0v) is 14.4. The summed E-state index contributed by atoms with van der Waals surface area (Å²) in [4.78, 5) is 31.0. The Morgan fingerprint density at radius 3 is 2.69 bits per heavy atom. The number of aromatic nitrogens is 1. The van der Waals surface area contributed by atoms with Gasteiger partial charge in [-0.25, -0.2) is 9.37 Å². The van der Waals surface area contributed by atoms with E-state index < -0.39 is 0 Å². The molecule has 7 heteroatoms. The van der Waals surface area contributed by atoms with Crippen LogP contribution in [0.4, 0.5) is 10.2 Å². The molecular weight excluding hydrogens is 335 g/mol. The summed E-state index contributed by atoms with van der Waals surface area (Å²) in [5, 5.41) is 3.13. The number of nitrogens with one attached hydrogen (secondary N) is 1. The lowest BCUT2D eigenvalue weighted by Gasteiger charge is -2.32. The number of benzene rings is 1. The highest BCUT2D eigenvalue weighted by Crippen LogP contribution is 2.12. The number of anilines is 1. The van der Waals surface area contributed by atoms with Crippen LogP contribution in [0, 0.1) is 5.82 Å². The van der Waals surface area contributed by atoms with Gasteiger partial charge in [-0.15, -0.1) is 0 Å². The molecule has 26 heavy (non-hydrogen) atoms. The van der Waals surface area contributed by atoms with Crippen LogP contribution in [0.25, 0.3) is 0 Å². The molecule has 1 aromatic carbocycles. The highest BCUT2D eigenvalue weighted by atomic mass is 19.1. The van der Waals surface area contributed by atoms with E-state index in [1.165, 1.54) is 6.07 Å². The number of carbonyl (C=O) groups excluding carboxylic acids is 2. The second kappa shape index (κ2) is 8.42. The number of pyridine rings is 1. The van der Waals surface area contributed by atoms with E-state index in [1.54, 1.807) is 46.3 Å². The summed E-state index contributed by atoms with van der Waals surface area (Å²) >= 11 is 0. The lowest BCUT2D eigenvalue weighted by Crippen LogP contribution is -2.48. The van der Waals surface area contributed by atoms with Crippen LogP contribution in [0.2, 0.25) is 0 Å². The van der Waals surface area contributed by atoms with Crippen LogP contribution in [0.15, 0.2) is 42.6 Å². The molecule has 0 unspecified atom stereocenters. The molecule has 0 aliphatic carbocycles. The van der Waals surface area contributed by atoms with Gasteiger partial charge in [0, 0.05) is 44.5 Å². The summed E-state index contributed by atoms with van der Waals surface area (Å²) in [5.41, 5.74) is 1.19. The first-order chi connectivity index (χ1) is 12.7. The number of hydrogen-bond acceptors (Lipinski definition) is 4. The van der Waals surface area contributed by atoms with Gasteiger partial charge in [-0.05, 0) is 30.2 Å². The molecule has 1 aliphatic heterocycles. The molecular formula is C19H21FN4O2. The molecule has 2 aromatic rings. The zero-order chi connectivity index (χ0) is 18.4.